The quantitative estimate of drug-likeness (QED) is 0.833. The third kappa shape index (κ3) is 2.95. The van der Waals surface area contributed by atoms with Crippen molar-refractivity contribution in [3.05, 3.63) is 5.89 Å². The van der Waals surface area contributed by atoms with Crippen molar-refractivity contribution in [3.8, 4) is 0 Å². The molecule has 1 unspecified atom stereocenters. The monoisotopic (exact) mass is 224 g/mol. The first-order valence-electron chi connectivity index (χ1n) is 5.99. The summed E-state index contributed by atoms with van der Waals surface area (Å²) in [5.74, 6) is 1.41. The number of nitrogens with zero attached hydrogens (tertiary/aromatic N) is 3. The molecule has 0 spiro atoms. The molecule has 90 valence electrons. The van der Waals surface area contributed by atoms with Crippen molar-refractivity contribution >= 4 is 5.95 Å². The Morgan fingerprint density at radius 3 is 2.94 bits per heavy atom. The van der Waals surface area contributed by atoms with Crippen LogP contribution in [0.5, 0.6) is 0 Å². The van der Waals surface area contributed by atoms with E-state index in [1.54, 1.807) is 0 Å². The Balaban J connectivity index is 1.79. The average molecular weight is 224 g/mol. The van der Waals surface area contributed by atoms with Gasteiger partial charge in [0.2, 0.25) is 5.89 Å². The van der Waals surface area contributed by atoms with Gasteiger partial charge < -0.3 is 14.7 Å². The van der Waals surface area contributed by atoms with Crippen LogP contribution in [0.1, 0.15) is 31.6 Å². The number of aryl methyl sites for hydroxylation is 1. The summed E-state index contributed by atoms with van der Waals surface area (Å²) >= 11 is 0. The standard InChI is InChI=1S/C11H20N4O/c1-15(2)11-13-10(16-14-11)7-6-9-5-3-4-8-12-9/h9,12H,3-8H2,1-2H3. The zero-order valence-corrected chi connectivity index (χ0v) is 10.1. The number of hydrogen-bond acceptors (Lipinski definition) is 5. The van der Waals surface area contributed by atoms with Gasteiger partial charge in [-0.05, 0) is 31.0 Å². The number of nitrogens with one attached hydrogen (secondary N) is 1. The van der Waals surface area contributed by atoms with Crippen LogP contribution in [-0.4, -0.2) is 36.8 Å². The van der Waals surface area contributed by atoms with Crippen LogP contribution in [0.3, 0.4) is 0 Å². The fourth-order valence-corrected chi connectivity index (χ4v) is 2.00. The van der Waals surface area contributed by atoms with E-state index in [-0.39, 0.29) is 0 Å². The summed E-state index contributed by atoms with van der Waals surface area (Å²) in [4.78, 5) is 6.17. The molecule has 5 heteroatoms. The maximum Gasteiger partial charge on any atom is 0.265 e. The summed E-state index contributed by atoms with van der Waals surface area (Å²) < 4.78 is 5.19. The van der Waals surface area contributed by atoms with Crippen LogP contribution in [0.2, 0.25) is 0 Å². The maximum absolute atomic E-state index is 5.19. The summed E-state index contributed by atoms with van der Waals surface area (Å²) in [7, 11) is 3.83. The van der Waals surface area contributed by atoms with E-state index in [1.165, 1.54) is 19.3 Å². The van der Waals surface area contributed by atoms with Crippen LogP contribution in [-0.2, 0) is 6.42 Å². The molecule has 1 atom stereocenters. The molecule has 2 heterocycles. The van der Waals surface area contributed by atoms with Crippen molar-refractivity contribution in [2.45, 2.75) is 38.1 Å². The summed E-state index contributed by atoms with van der Waals surface area (Å²) in [5, 5.41) is 7.42. The van der Waals surface area contributed by atoms with Gasteiger partial charge in [0.05, 0.1) is 0 Å². The van der Waals surface area contributed by atoms with Crippen molar-refractivity contribution < 1.29 is 4.52 Å². The molecule has 1 aliphatic heterocycles. The highest BCUT2D eigenvalue weighted by atomic mass is 16.5. The molecule has 0 aliphatic carbocycles. The van der Waals surface area contributed by atoms with Crippen molar-refractivity contribution in [2.75, 3.05) is 25.5 Å². The first kappa shape index (κ1) is 11.4. The van der Waals surface area contributed by atoms with E-state index in [2.05, 4.69) is 15.5 Å². The van der Waals surface area contributed by atoms with Gasteiger partial charge in [-0.25, -0.2) is 0 Å². The maximum atomic E-state index is 5.19. The van der Waals surface area contributed by atoms with Crippen molar-refractivity contribution in [3.63, 3.8) is 0 Å². The minimum Gasteiger partial charge on any atom is -0.344 e. The molecule has 0 aromatic carbocycles. The minimum atomic E-state index is 0.628. The van der Waals surface area contributed by atoms with E-state index in [0.717, 1.165) is 25.3 Å². The smallest absolute Gasteiger partial charge is 0.265 e. The minimum absolute atomic E-state index is 0.628. The Morgan fingerprint density at radius 2 is 2.31 bits per heavy atom. The number of rotatable bonds is 4. The van der Waals surface area contributed by atoms with E-state index in [4.69, 9.17) is 4.52 Å². The Hall–Kier alpha value is -1.10. The zero-order chi connectivity index (χ0) is 11.4. The van der Waals surface area contributed by atoms with Gasteiger partial charge in [0.1, 0.15) is 0 Å². The number of piperidine rings is 1. The third-order valence-electron chi connectivity index (χ3n) is 2.98. The molecule has 1 N–H and O–H groups in total. The van der Waals surface area contributed by atoms with Gasteiger partial charge in [-0.1, -0.05) is 6.42 Å². The molecule has 0 radical (unpaired) electrons. The molecule has 1 aromatic rings. The van der Waals surface area contributed by atoms with Gasteiger partial charge >= 0.3 is 0 Å². The average Bonchev–Trinajstić information content (AvgIpc) is 2.76. The van der Waals surface area contributed by atoms with Gasteiger partial charge in [-0.2, -0.15) is 4.98 Å². The van der Waals surface area contributed by atoms with Gasteiger partial charge in [-0.15, -0.1) is 0 Å². The second kappa shape index (κ2) is 5.30. The topological polar surface area (TPSA) is 54.2 Å². The third-order valence-corrected chi connectivity index (χ3v) is 2.98. The van der Waals surface area contributed by atoms with Crippen LogP contribution in [0.25, 0.3) is 0 Å². The molecular weight excluding hydrogens is 204 g/mol. The summed E-state index contributed by atoms with van der Waals surface area (Å²) in [5.41, 5.74) is 0. The highest BCUT2D eigenvalue weighted by Gasteiger charge is 2.14. The summed E-state index contributed by atoms with van der Waals surface area (Å²) in [6.07, 6.45) is 5.88. The SMILES string of the molecule is CN(C)c1noc(CCC2CCCCN2)n1. The Bertz CT molecular complexity index is 318. The van der Waals surface area contributed by atoms with Crippen LogP contribution in [0.15, 0.2) is 4.52 Å². The predicted octanol–water partition coefficient (Wildman–Crippen LogP) is 1.21. The lowest BCUT2D eigenvalue weighted by Crippen LogP contribution is -2.34. The normalized spacial score (nSPS) is 21.0. The lowest BCUT2D eigenvalue weighted by atomic mass is 10.0. The largest absolute Gasteiger partial charge is 0.344 e. The van der Waals surface area contributed by atoms with Gasteiger partial charge in [0.15, 0.2) is 0 Å². The Labute approximate surface area is 96.2 Å². The van der Waals surface area contributed by atoms with Crippen LogP contribution < -0.4 is 10.2 Å². The molecule has 1 saturated heterocycles. The summed E-state index contributed by atoms with van der Waals surface area (Å²) in [6, 6.07) is 0.628. The first-order valence-corrected chi connectivity index (χ1v) is 5.99. The molecule has 16 heavy (non-hydrogen) atoms. The summed E-state index contributed by atoms with van der Waals surface area (Å²) in [6.45, 7) is 1.15. The second-order valence-electron chi connectivity index (χ2n) is 4.57. The first-order chi connectivity index (χ1) is 7.75. The molecule has 0 saturated carbocycles. The molecule has 1 fully saturated rings. The van der Waals surface area contributed by atoms with Gasteiger partial charge in [-0.3, -0.25) is 0 Å². The van der Waals surface area contributed by atoms with Crippen molar-refractivity contribution in [2.24, 2.45) is 0 Å². The molecule has 2 rings (SSSR count). The van der Waals surface area contributed by atoms with E-state index >= 15 is 0 Å². The molecule has 0 bridgehead atoms. The van der Waals surface area contributed by atoms with E-state index in [0.29, 0.717) is 12.0 Å². The molecule has 5 nitrogen and oxygen atoms in total. The van der Waals surface area contributed by atoms with E-state index < -0.39 is 0 Å². The molecule has 0 amide bonds. The van der Waals surface area contributed by atoms with Crippen LogP contribution >= 0.6 is 0 Å². The van der Waals surface area contributed by atoms with Gasteiger partial charge in [0, 0.05) is 26.6 Å². The lowest BCUT2D eigenvalue weighted by Gasteiger charge is -2.22. The zero-order valence-electron chi connectivity index (χ0n) is 10.1. The predicted molar refractivity (Wildman–Crippen MR) is 62.6 cm³/mol. The molecule has 1 aromatic heterocycles. The second-order valence-corrected chi connectivity index (χ2v) is 4.57. The number of hydrogen-bond donors (Lipinski definition) is 1. The van der Waals surface area contributed by atoms with Crippen LogP contribution in [0.4, 0.5) is 5.95 Å². The number of anilines is 1. The fraction of sp³-hybridized carbons (Fsp3) is 0.818. The molecule has 1 aliphatic rings. The highest BCUT2D eigenvalue weighted by Crippen LogP contribution is 2.13. The van der Waals surface area contributed by atoms with Crippen molar-refractivity contribution in [1.29, 1.82) is 0 Å². The van der Waals surface area contributed by atoms with Gasteiger partial charge in [0.25, 0.3) is 5.95 Å². The molecular formula is C11H20N4O. The van der Waals surface area contributed by atoms with E-state index in [9.17, 15) is 0 Å². The Morgan fingerprint density at radius 1 is 1.44 bits per heavy atom. The lowest BCUT2D eigenvalue weighted by molar-refractivity contribution is 0.342. The van der Waals surface area contributed by atoms with E-state index in [1.807, 2.05) is 19.0 Å². The number of aromatic nitrogens is 2. The Kier molecular flexibility index (Phi) is 3.77. The fourth-order valence-electron chi connectivity index (χ4n) is 2.00. The highest BCUT2D eigenvalue weighted by molar-refractivity contribution is 5.23. The van der Waals surface area contributed by atoms with Crippen molar-refractivity contribution in [1.82, 2.24) is 15.5 Å². The van der Waals surface area contributed by atoms with Crippen LogP contribution in [0, 0.1) is 0 Å².